The van der Waals surface area contributed by atoms with Gasteiger partial charge >= 0.3 is 12.1 Å². The third-order valence-electron chi connectivity index (χ3n) is 3.09. The maximum atomic E-state index is 11.2. The van der Waals surface area contributed by atoms with E-state index in [1.54, 1.807) is 0 Å². The van der Waals surface area contributed by atoms with Crippen LogP contribution in [0.15, 0.2) is 12.7 Å². The third kappa shape index (κ3) is 4.89. The highest BCUT2D eigenvalue weighted by molar-refractivity contribution is 5.68. The number of ether oxygens (including phenoxy) is 1. The lowest BCUT2D eigenvalue weighted by Gasteiger charge is -2.32. The first-order chi connectivity index (χ1) is 8.13. The molecule has 1 saturated carbocycles. The van der Waals surface area contributed by atoms with Crippen LogP contribution in [0, 0.1) is 11.8 Å². The van der Waals surface area contributed by atoms with Crippen molar-refractivity contribution in [1.82, 2.24) is 5.32 Å². The second kappa shape index (κ2) is 6.93. The van der Waals surface area contributed by atoms with Crippen molar-refractivity contribution in [3.8, 4) is 0 Å². The Kier molecular flexibility index (Phi) is 5.52. The van der Waals surface area contributed by atoms with Crippen LogP contribution >= 0.6 is 0 Å². The largest absolute Gasteiger partial charge is 0.481 e. The van der Waals surface area contributed by atoms with Crippen molar-refractivity contribution in [2.45, 2.75) is 25.7 Å². The van der Waals surface area contributed by atoms with Crippen LogP contribution in [0.25, 0.3) is 0 Å². The molecule has 1 rings (SSSR count). The van der Waals surface area contributed by atoms with E-state index in [-0.39, 0.29) is 18.9 Å². The van der Waals surface area contributed by atoms with Gasteiger partial charge < -0.3 is 15.2 Å². The molecular weight excluding hydrogens is 222 g/mol. The SMILES string of the molecule is C=CCOC(=O)NCC(CC(=O)O)C1CCC1. The molecule has 1 aliphatic carbocycles. The van der Waals surface area contributed by atoms with Gasteiger partial charge in [-0.1, -0.05) is 31.9 Å². The fraction of sp³-hybridized carbons (Fsp3) is 0.667. The Morgan fingerprint density at radius 3 is 2.71 bits per heavy atom. The summed E-state index contributed by atoms with van der Waals surface area (Å²) >= 11 is 0. The van der Waals surface area contributed by atoms with Crippen molar-refractivity contribution in [2.75, 3.05) is 13.2 Å². The molecule has 0 aliphatic heterocycles. The topological polar surface area (TPSA) is 75.6 Å². The summed E-state index contributed by atoms with van der Waals surface area (Å²) in [5.74, 6) is -0.383. The summed E-state index contributed by atoms with van der Waals surface area (Å²) in [5.41, 5.74) is 0. The lowest BCUT2D eigenvalue weighted by molar-refractivity contribution is -0.138. The fourth-order valence-corrected chi connectivity index (χ4v) is 1.94. The van der Waals surface area contributed by atoms with Crippen LogP contribution in [0.1, 0.15) is 25.7 Å². The molecule has 0 radical (unpaired) electrons. The second-order valence-corrected chi connectivity index (χ2v) is 4.32. The number of carboxylic acids is 1. The van der Waals surface area contributed by atoms with Gasteiger partial charge in [0.25, 0.3) is 0 Å². The lowest BCUT2D eigenvalue weighted by Crippen LogP contribution is -2.36. The summed E-state index contributed by atoms with van der Waals surface area (Å²) in [6, 6.07) is 0. The molecule has 2 N–H and O–H groups in total. The van der Waals surface area contributed by atoms with Gasteiger partial charge in [0.2, 0.25) is 0 Å². The molecule has 96 valence electrons. The molecule has 0 aromatic heterocycles. The Labute approximate surface area is 101 Å². The smallest absolute Gasteiger partial charge is 0.407 e. The number of hydrogen-bond donors (Lipinski definition) is 2. The number of hydrogen-bond acceptors (Lipinski definition) is 3. The predicted octanol–water partition coefficient (Wildman–Crippen LogP) is 1.79. The Balaban J connectivity index is 2.29. The lowest BCUT2D eigenvalue weighted by atomic mass is 9.74. The van der Waals surface area contributed by atoms with Gasteiger partial charge in [0.1, 0.15) is 6.61 Å². The van der Waals surface area contributed by atoms with E-state index >= 15 is 0 Å². The maximum absolute atomic E-state index is 11.2. The highest BCUT2D eigenvalue weighted by atomic mass is 16.5. The Morgan fingerprint density at radius 1 is 1.53 bits per heavy atom. The van der Waals surface area contributed by atoms with E-state index in [9.17, 15) is 9.59 Å². The molecule has 0 heterocycles. The Hall–Kier alpha value is -1.52. The number of rotatable bonds is 7. The van der Waals surface area contributed by atoms with E-state index in [4.69, 9.17) is 9.84 Å². The predicted molar refractivity (Wildman–Crippen MR) is 62.6 cm³/mol. The fourth-order valence-electron chi connectivity index (χ4n) is 1.94. The molecule has 0 aromatic rings. The van der Waals surface area contributed by atoms with Crippen LogP contribution < -0.4 is 5.32 Å². The van der Waals surface area contributed by atoms with Crippen molar-refractivity contribution >= 4 is 12.1 Å². The van der Waals surface area contributed by atoms with E-state index in [0.29, 0.717) is 12.5 Å². The van der Waals surface area contributed by atoms with Crippen molar-refractivity contribution in [2.24, 2.45) is 11.8 Å². The molecular formula is C12H19NO4. The van der Waals surface area contributed by atoms with Crippen molar-refractivity contribution in [3.63, 3.8) is 0 Å². The van der Waals surface area contributed by atoms with Gasteiger partial charge in [-0.05, 0) is 11.8 Å². The van der Waals surface area contributed by atoms with Crippen LogP contribution in [0.3, 0.4) is 0 Å². The Bertz CT molecular complexity index is 286. The van der Waals surface area contributed by atoms with Gasteiger partial charge in [0, 0.05) is 6.54 Å². The van der Waals surface area contributed by atoms with Crippen molar-refractivity contribution in [1.29, 1.82) is 0 Å². The average Bonchev–Trinajstić information content (AvgIpc) is 2.19. The minimum Gasteiger partial charge on any atom is -0.481 e. The van der Waals surface area contributed by atoms with Crippen LogP contribution in [0.4, 0.5) is 4.79 Å². The molecule has 0 aromatic carbocycles. The van der Waals surface area contributed by atoms with Gasteiger partial charge in [-0.3, -0.25) is 4.79 Å². The summed E-state index contributed by atoms with van der Waals surface area (Å²) < 4.78 is 4.76. The minimum atomic E-state index is -0.817. The number of aliphatic carboxylic acids is 1. The normalized spacial score (nSPS) is 16.7. The quantitative estimate of drug-likeness (QED) is 0.666. The molecule has 1 unspecified atom stereocenters. The van der Waals surface area contributed by atoms with Crippen LogP contribution in [0.5, 0.6) is 0 Å². The zero-order chi connectivity index (χ0) is 12.7. The molecule has 0 bridgehead atoms. The molecule has 1 amide bonds. The molecule has 17 heavy (non-hydrogen) atoms. The molecule has 5 nitrogen and oxygen atoms in total. The zero-order valence-electron chi connectivity index (χ0n) is 9.85. The van der Waals surface area contributed by atoms with E-state index in [0.717, 1.165) is 19.3 Å². The van der Waals surface area contributed by atoms with Gasteiger partial charge in [-0.25, -0.2) is 4.79 Å². The standard InChI is InChI=1S/C12H19NO4/c1-2-6-17-12(16)13-8-10(7-11(14)15)9-4-3-5-9/h2,9-10H,1,3-8H2,(H,13,16)(H,14,15). The van der Waals surface area contributed by atoms with Crippen LogP contribution in [0.2, 0.25) is 0 Å². The third-order valence-corrected chi connectivity index (χ3v) is 3.09. The van der Waals surface area contributed by atoms with Crippen LogP contribution in [-0.2, 0) is 9.53 Å². The van der Waals surface area contributed by atoms with Gasteiger partial charge in [0.05, 0.1) is 6.42 Å². The van der Waals surface area contributed by atoms with E-state index in [2.05, 4.69) is 11.9 Å². The number of amides is 1. The molecule has 1 fully saturated rings. The molecule has 0 spiro atoms. The first-order valence-corrected chi connectivity index (χ1v) is 5.86. The van der Waals surface area contributed by atoms with Gasteiger partial charge in [0.15, 0.2) is 0 Å². The van der Waals surface area contributed by atoms with E-state index in [1.807, 2.05) is 0 Å². The number of nitrogens with one attached hydrogen (secondary N) is 1. The molecule has 5 heteroatoms. The Morgan fingerprint density at radius 2 is 2.24 bits per heavy atom. The summed E-state index contributed by atoms with van der Waals surface area (Å²) in [7, 11) is 0. The van der Waals surface area contributed by atoms with Gasteiger partial charge in [-0.2, -0.15) is 0 Å². The number of alkyl carbamates (subject to hydrolysis) is 1. The average molecular weight is 241 g/mol. The number of carbonyl (C=O) groups is 2. The number of carbonyl (C=O) groups excluding carboxylic acids is 1. The van der Waals surface area contributed by atoms with E-state index < -0.39 is 12.1 Å². The second-order valence-electron chi connectivity index (χ2n) is 4.32. The first-order valence-electron chi connectivity index (χ1n) is 5.86. The highest BCUT2D eigenvalue weighted by Gasteiger charge is 2.29. The monoisotopic (exact) mass is 241 g/mol. The van der Waals surface area contributed by atoms with Crippen molar-refractivity contribution in [3.05, 3.63) is 12.7 Å². The highest BCUT2D eigenvalue weighted by Crippen LogP contribution is 2.34. The first kappa shape index (κ1) is 13.5. The summed E-state index contributed by atoms with van der Waals surface area (Å²) in [6.07, 6.45) is 4.34. The van der Waals surface area contributed by atoms with Crippen LogP contribution in [-0.4, -0.2) is 30.3 Å². The van der Waals surface area contributed by atoms with E-state index in [1.165, 1.54) is 6.08 Å². The molecule has 1 atom stereocenters. The molecule has 0 saturated heterocycles. The maximum Gasteiger partial charge on any atom is 0.407 e. The summed E-state index contributed by atoms with van der Waals surface area (Å²) in [4.78, 5) is 21.9. The number of carboxylic acid groups (broad SMARTS) is 1. The van der Waals surface area contributed by atoms with Gasteiger partial charge in [-0.15, -0.1) is 0 Å². The zero-order valence-corrected chi connectivity index (χ0v) is 9.85. The van der Waals surface area contributed by atoms with Crippen molar-refractivity contribution < 1.29 is 19.4 Å². The summed E-state index contributed by atoms with van der Waals surface area (Å²) in [6.45, 7) is 3.97. The minimum absolute atomic E-state index is 0.0116. The summed E-state index contributed by atoms with van der Waals surface area (Å²) in [5, 5.41) is 11.4. The molecule has 1 aliphatic rings.